The normalized spacial score (nSPS) is 11.1. The predicted octanol–water partition coefficient (Wildman–Crippen LogP) is 3.77. The lowest BCUT2D eigenvalue weighted by Gasteiger charge is -2.12. The summed E-state index contributed by atoms with van der Waals surface area (Å²) in [6.07, 6.45) is 5.83. The van der Waals surface area contributed by atoms with Gasteiger partial charge in [-0.05, 0) is 18.9 Å². The van der Waals surface area contributed by atoms with E-state index in [9.17, 15) is 4.79 Å². The summed E-state index contributed by atoms with van der Waals surface area (Å²) < 4.78 is 15.7. The molecule has 1 heterocycles. The van der Waals surface area contributed by atoms with Crippen LogP contribution in [0.3, 0.4) is 0 Å². The van der Waals surface area contributed by atoms with Crippen molar-refractivity contribution in [3.05, 3.63) is 54.2 Å². The van der Waals surface area contributed by atoms with E-state index < -0.39 is 5.97 Å². The van der Waals surface area contributed by atoms with Gasteiger partial charge in [-0.15, -0.1) is 0 Å². The standard InChI is InChI=1S/C19H22N2O4/c1-4-5-8-14-11-18(21-13-20-14)25-17-10-7-6-9-15(17)16(12-23-2)19(22)24-3/h6-7,9-13H,4-5,8H2,1-3H3/b16-12+. The zero-order chi connectivity index (χ0) is 18.1. The van der Waals surface area contributed by atoms with Crippen LogP contribution in [0.25, 0.3) is 5.57 Å². The molecule has 6 heteroatoms. The summed E-state index contributed by atoms with van der Waals surface area (Å²) >= 11 is 0. The SMILES string of the molecule is CCCCc1cc(Oc2ccccc2/C(=C\OC)C(=O)OC)ncn1. The molecule has 0 N–H and O–H groups in total. The summed E-state index contributed by atoms with van der Waals surface area (Å²) in [5.74, 6) is 0.399. The minimum atomic E-state index is -0.510. The Bertz CT molecular complexity index is 744. The second-order valence-corrected chi connectivity index (χ2v) is 5.31. The van der Waals surface area contributed by atoms with E-state index in [1.165, 1.54) is 26.8 Å². The Kier molecular flexibility index (Phi) is 6.95. The second-order valence-electron chi connectivity index (χ2n) is 5.31. The number of rotatable bonds is 8. The number of benzene rings is 1. The van der Waals surface area contributed by atoms with Crippen molar-refractivity contribution in [3.8, 4) is 11.6 Å². The smallest absolute Gasteiger partial charge is 0.341 e. The minimum Gasteiger partial charge on any atom is -0.503 e. The molecule has 0 amide bonds. The highest BCUT2D eigenvalue weighted by Crippen LogP contribution is 2.30. The molecule has 0 bridgehead atoms. The second kappa shape index (κ2) is 9.42. The van der Waals surface area contributed by atoms with Crippen LogP contribution < -0.4 is 4.74 Å². The van der Waals surface area contributed by atoms with Crippen molar-refractivity contribution in [2.75, 3.05) is 14.2 Å². The lowest BCUT2D eigenvalue weighted by molar-refractivity contribution is -0.133. The maximum Gasteiger partial charge on any atom is 0.341 e. The van der Waals surface area contributed by atoms with Crippen LogP contribution in [0.15, 0.2) is 42.9 Å². The summed E-state index contributed by atoms with van der Waals surface area (Å²) in [6, 6.07) is 8.96. The van der Waals surface area contributed by atoms with Crippen LogP contribution in [0.5, 0.6) is 11.6 Å². The van der Waals surface area contributed by atoms with Crippen LogP contribution in [-0.4, -0.2) is 30.2 Å². The molecule has 0 saturated heterocycles. The molecule has 1 aromatic heterocycles. The quantitative estimate of drug-likeness (QED) is 0.413. The van der Waals surface area contributed by atoms with Crippen LogP contribution in [0.1, 0.15) is 31.0 Å². The topological polar surface area (TPSA) is 70.5 Å². The molecule has 6 nitrogen and oxygen atoms in total. The predicted molar refractivity (Wildman–Crippen MR) is 94.2 cm³/mol. The average molecular weight is 342 g/mol. The van der Waals surface area contributed by atoms with E-state index in [0.717, 1.165) is 25.0 Å². The van der Waals surface area contributed by atoms with E-state index in [1.807, 2.05) is 12.1 Å². The summed E-state index contributed by atoms with van der Waals surface area (Å²) in [5, 5.41) is 0. The number of carbonyl (C=O) groups is 1. The van der Waals surface area contributed by atoms with E-state index in [4.69, 9.17) is 14.2 Å². The summed E-state index contributed by atoms with van der Waals surface area (Å²) in [6.45, 7) is 2.13. The number of carbonyl (C=O) groups excluding carboxylic acids is 1. The van der Waals surface area contributed by atoms with Gasteiger partial charge in [0.15, 0.2) is 0 Å². The van der Waals surface area contributed by atoms with Gasteiger partial charge < -0.3 is 14.2 Å². The van der Waals surface area contributed by atoms with Gasteiger partial charge in [-0.2, -0.15) is 0 Å². The summed E-state index contributed by atoms with van der Waals surface area (Å²) in [4.78, 5) is 20.4. The zero-order valence-electron chi connectivity index (χ0n) is 14.7. The molecule has 0 aliphatic heterocycles. The first-order valence-electron chi connectivity index (χ1n) is 8.09. The van der Waals surface area contributed by atoms with Gasteiger partial charge in [0, 0.05) is 17.3 Å². The van der Waals surface area contributed by atoms with Crippen molar-refractivity contribution < 1.29 is 19.0 Å². The lowest BCUT2D eigenvalue weighted by Crippen LogP contribution is -2.06. The molecule has 132 valence electrons. The minimum absolute atomic E-state index is 0.265. The van der Waals surface area contributed by atoms with Crippen molar-refractivity contribution in [1.29, 1.82) is 0 Å². The van der Waals surface area contributed by atoms with Gasteiger partial charge in [-0.3, -0.25) is 0 Å². The molecule has 0 aliphatic rings. The van der Waals surface area contributed by atoms with Crippen molar-refractivity contribution >= 4 is 11.5 Å². The fourth-order valence-corrected chi connectivity index (χ4v) is 2.27. The van der Waals surface area contributed by atoms with Crippen molar-refractivity contribution in [2.45, 2.75) is 26.2 Å². The number of hydrogen-bond donors (Lipinski definition) is 0. The summed E-state index contributed by atoms with van der Waals surface area (Å²) in [7, 11) is 2.79. The monoisotopic (exact) mass is 342 g/mol. The third-order valence-corrected chi connectivity index (χ3v) is 3.52. The van der Waals surface area contributed by atoms with E-state index in [0.29, 0.717) is 17.2 Å². The Hall–Kier alpha value is -2.89. The largest absolute Gasteiger partial charge is 0.503 e. The maximum atomic E-state index is 12.0. The van der Waals surface area contributed by atoms with Gasteiger partial charge in [-0.1, -0.05) is 31.5 Å². The molecule has 25 heavy (non-hydrogen) atoms. The van der Waals surface area contributed by atoms with Crippen molar-refractivity contribution in [2.24, 2.45) is 0 Å². The fraction of sp³-hybridized carbons (Fsp3) is 0.316. The number of aryl methyl sites for hydroxylation is 1. The Labute approximate surface area is 147 Å². The Morgan fingerprint density at radius 1 is 1.20 bits per heavy atom. The molecular weight excluding hydrogens is 320 g/mol. The maximum absolute atomic E-state index is 12.0. The fourth-order valence-electron chi connectivity index (χ4n) is 2.27. The van der Waals surface area contributed by atoms with Gasteiger partial charge >= 0.3 is 5.97 Å². The Morgan fingerprint density at radius 3 is 2.72 bits per heavy atom. The van der Waals surface area contributed by atoms with Gasteiger partial charge in [0.05, 0.1) is 20.5 Å². The molecule has 0 fully saturated rings. The van der Waals surface area contributed by atoms with E-state index in [2.05, 4.69) is 16.9 Å². The van der Waals surface area contributed by atoms with Crippen LogP contribution in [0, 0.1) is 0 Å². The van der Waals surface area contributed by atoms with Crippen LogP contribution >= 0.6 is 0 Å². The highest BCUT2D eigenvalue weighted by atomic mass is 16.5. The molecule has 0 atom stereocenters. The number of ether oxygens (including phenoxy) is 3. The average Bonchev–Trinajstić information content (AvgIpc) is 2.65. The van der Waals surface area contributed by atoms with E-state index in [-0.39, 0.29) is 5.57 Å². The van der Waals surface area contributed by atoms with Crippen LogP contribution in [0.4, 0.5) is 0 Å². The first kappa shape index (κ1) is 18.4. The van der Waals surface area contributed by atoms with E-state index in [1.54, 1.807) is 18.2 Å². The molecule has 2 rings (SSSR count). The van der Waals surface area contributed by atoms with Crippen LogP contribution in [0.2, 0.25) is 0 Å². The number of para-hydroxylation sites is 1. The molecule has 0 spiro atoms. The number of esters is 1. The molecule has 0 aliphatic carbocycles. The van der Waals surface area contributed by atoms with Gasteiger partial charge in [-0.25, -0.2) is 14.8 Å². The summed E-state index contributed by atoms with van der Waals surface area (Å²) in [5.41, 5.74) is 1.75. The van der Waals surface area contributed by atoms with Gasteiger partial charge in [0.2, 0.25) is 5.88 Å². The molecule has 0 unspecified atom stereocenters. The zero-order valence-corrected chi connectivity index (χ0v) is 14.7. The Morgan fingerprint density at radius 2 is 2.00 bits per heavy atom. The number of methoxy groups -OCH3 is 2. The van der Waals surface area contributed by atoms with E-state index >= 15 is 0 Å². The van der Waals surface area contributed by atoms with Crippen molar-refractivity contribution in [1.82, 2.24) is 9.97 Å². The molecule has 1 aromatic carbocycles. The first-order chi connectivity index (χ1) is 12.2. The first-order valence-corrected chi connectivity index (χ1v) is 8.09. The van der Waals surface area contributed by atoms with Gasteiger partial charge in [0.1, 0.15) is 17.6 Å². The number of aromatic nitrogens is 2. The number of nitrogens with zero attached hydrogens (tertiary/aromatic N) is 2. The highest BCUT2D eigenvalue weighted by molar-refractivity contribution is 6.17. The van der Waals surface area contributed by atoms with Gasteiger partial charge in [0.25, 0.3) is 0 Å². The third-order valence-electron chi connectivity index (χ3n) is 3.52. The van der Waals surface area contributed by atoms with Crippen LogP contribution in [-0.2, 0) is 20.7 Å². The molecule has 2 aromatic rings. The Balaban J connectivity index is 2.32. The lowest BCUT2D eigenvalue weighted by atomic mass is 10.1. The van der Waals surface area contributed by atoms with Crippen molar-refractivity contribution in [3.63, 3.8) is 0 Å². The molecular formula is C19H22N2O4. The number of hydrogen-bond acceptors (Lipinski definition) is 6. The third kappa shape index (κ3) is 5.04. The number of unbranched alkanes of at least 4 members (excludes halogenated alkanes) is 1. The molecule has 0 saturated carbocycles. The molecule has 0 radical (unpaired) electrons. The highest BCUT2D eigenvalue weighted by Gasteiger charge is 2.18.